The number of aromatic nitrogens is 1. The molecule has 1 aliphatic carbocycles. The Morgan fingerprint density at radius 1 is 0.500 bits per heavy atom. The van der Waals surface area contributed by atoms with Gasteiger partial charge in [0.25, 0.3) is 0 Å². The summed E-state index contributed by atoms with van der Waals surface area (Å²) in [6, 6.07) is 52.5. The van der Waals surface area contributed by atoms with Gasteiger partial charge in [-0.1, -0.05) is 122 Å². The van der Waals surface area contributed by atoms with Crippen LogP contribution < -0.4 is 15.8 Å². The van der Waals surface area contributed by atoms with Crippen LogP contribution in [0.1, 0.15) is 77.6 Å². The van der Waals surface area contributed by atoms with E-state index in [0.29, 0.717) is 0 Å². The minimum Gasteiger partial charge on any atom is -0.456 e. The maximum Gasteiger partial charge on any atom is 0.333 e. The molecule has 5 heterocycles. The Balaban J connectivity index is 1.21. The number of rotatable bonds is 1. The van der Waals surface area contributed by atoms with Crippen LogP contribution in [0.25, 0.3) is 87.9 Å². The molecule has 5 heteroatoms. The van der Waals surface area contributed by atoms with E-state index in [1.165, 1.54) is 82.9 Å². The van der Waals surface area contributed by atoms with Crippen LogP contribution in [0.5, 0.6) is 0 Å². The van der Waals surface area contributed by atoms with Gasteiger partial charge in [-0.3, -0.25) is 0 Å². The first-order valence-electron chi connectivity index (χ1n) is 22.9. The molecule has 0 N–H and O–H groups in total. The average molecular weight is 827 g/mol. The number of fused-ring (bicyclic) bond motifs is 17. The lowest BCUT2D eigenvalue weighted by Gasteiger charge is -2.42. The summed E-state index contributed by atoms with van der Waals surface area (Å²) in [5, 5.41) is 7.12. The molecule has 11 aromatic rings. The van der Waals surface area contributed by atoms with E-state index < -0.39 is 0 Å². The molecule has 0 unspecified atom stereocenters. The first kappa shape index (κ1) is 36.5. The standard InChI is InChI=1S/C59H47BN2O2/c1-57(2,3)32-21-23-46-38(25-32)42-26-33(58(4,5)6)27-43-53-54-41(35-15-9-12-18-44(35)59(54,7)8)30-48-55(53)60(62(46)56(42)43)45-31-52-40(37-17-11-14-20-50(37)64-52)29-47(45)61(48)34-22-24-51-39(28-34)36-16-10-13-19-49(36)63-51/h9-31H,1-8H3. The molecule has 0 atom stereocenters. The topological polar surface area (TPSA) is 34.5 Å². The van der Waals surface area contributed by atoms with Crippen molar-refractivity contribution in [2.75, 3.05) is 4.90 Å². The van der Waals surface area contributed by atoms with E-state index in [2.05, 4.69) is 204 Å². The molecular formula is C59H47BN2O2. The van der Waals surface area contributed by atoms with Crippen molar-refractivity contribution in [2.45, 2.75) is 71.6 Å². The van der Waals surface area contributed by atoms with Gasteiger partial charge >= 0.3 is 6.85 Å². The van der Waals surface area contributed by atoms with E-state index in [1.807, 2.05) is 0 Å². The average Bonchev–Trinajstić information content (AvgIpc) is 4.00. The highest BCUT2D eigenvalue weighted by Gasteiger charge is 2.49. The number of para-hydroxylation sites is 2. The van der Waals surface area contributed by atoms with Crippen molar-refractivity contribution in [1.82, 2.24) is 4.48 Å². The van der Waals surface area contributed by atoms with Crippen molar-refractivity contribution in [2.24, 2.45) is 0 Å². The van der Waals surface area contributed by atoms with Crippen LogP contribution in [0.15, 0.2) is 148 Å². The summed E-state index contributed by atoms with van der Waals surface area (Å²) in [6.07, 6.45) is 0. The molecule has 64 heavy (non-hydrogen) atoms. The number of anilines is 3. The number of hydrogen-bond donors (Lipinski definition) is 0. The van der Waals surface area contributed by atoms with Crippen molar-refractivity contribution >= 4 is 101 Å². The third kappa shape index (κ3) is 4.54. The normalized spacial score (nSPS) is 14.9. The van der Waals surface area contributed by atoms with E-state index in [4.69, 9.17) is 8.83 Å². The largest absolute Gasteiger partial charge is 0.456 e. The molecule has 308 valence electrons. The predicted molar refractivity (Wildman–Crippen MR) is 270 cm³/mol. The van der Waals surface area contributed by atoms with Gasteiger partial charge in [-0.2, -0.15) is 0 Å². The molecule has 0 saturated carbocycles. The molecule has 0 spiro atoms. The van der Waals surface area contributed by atoms with Crippen LogP contribution in [0.4, 0.5) is 17.1 Å². The summed E-state index contributed by atoms with van der Waals surface area (Å²) in [5.74, 6) is 0. The molecule has 0 amide bonds. The smallest absolute Gasteiger partial charge is 0.333 e. The lowest BCUT2D eigenvalue weighted by Crippen LogP contribution is -2.57. The fourth-order valence-electron chi connectivity index (χ4n) is 12.1. The maximum absolute atomic E-state index is 6.81. The van der Waals surface area contributed by atoms with E-state index in [-0.39, 0.29) is 23.1 Å². The van der Waals surface area contributed by atoms with Gasteiger partial charge in [-0.05, 0) is 133 Å². The number of benzene rings is 8. The molecule has 3 aliphatic rings. The zero-order valence-electron chi connectivity index (χ0n) is 37.6. The summed E-state index contributed by atoms with van der Waals surface area (Å²) in [5.41, 5.74) is 22.7. The molecule has 0 radical (unpaired) electrons. The van der Waals surface area contributed by atoms with Crippen molar-refractivity contribution < 1.29 is 8.83 Å². The van der Waals surface area contributed by atoms with Crippen LogP contribution >= 0.6 is 0 Å². The Hall–Kier alpha value is -6.98. The molecule has 4 nitrogen and oxygen atoms in total. The third-order valence-corrected chi connectivity index (χ3v) is 15.2. The first-order chi connectivity index (χ1) is 30.8. The summed E-state index contributed by atoms with van der Waals surface area (Å²) >= 11 is 0. The minimum atomic E-state index is -0.249. The summed E-state index contributed by atoms with van der Waals surface area (Å²) in [6.45, 7) is 18.8. The summed E-state index contributed by atoms with van der Waals surface area (Å²) < 4.78 is 16.0. The van der Waals surface area contributed by atoms with Crippen molar-refractivity contribution in [3.8, 4) is 22.3 Å². The van der Waals surface area contributed by atoms with Gasteiger partial charge in [0.15, 0.2) is 0 Å². The number of nitrogens with zero attached hydrogens (tertiary/aromatic N) is 2. The zero-order chi connectivity index (χ0) is 43.3. The second kappa shape index (κ2) is 11.8. The second-order valence-corrected chi connectivity index (χ2v) is 21.3. The van der Waals surface area contributed by atoms with E-state index >= 15 is 0 Å². The molecule has 0 fully saturated rings. The maximum atomic E-state index is 6.81. The van der Waals surface area contributed by atoms with Crippen LogP contribution in [0.2, 0.25) is 0 Å². The first-order valence-corrected chi connectivity index (χ1v) is 22.9. The Morgan fingerprint density at radius 2 is 1.16 bits per heavy atom. The SMILES string of the molecule is CC(C)(C)c1ccc2c(c1)c1cc(C(C)(C)C)cc3c1n2B1c2cc4oc5ccccc5c4cc2N(c2ccc4oc5ccccc5c4c2)c2cc4c(c-3c21)C(C)(C)c1ccccc1-4. The molecule has 2 aliphatic heterocycles. The van der Waals surface area contributed by atoms with Gasteiger partial charge in [0, 0.05) is 71.4 Å². The molecule has 0 saturated heterocycles. The molecule has 0 bridgehead atoms. The predicted octanol–water partition coefficient (Wildman–Crippen LogP) is 14.9. The monoisotopic (exact) mass is 826 g/mol. The van der Waals surface area contributed by atoms with Gasteiger partial charge in [0.1, 0.15) is 22.3 Å². The fraction of sp³-hybridized carbons (Fsp3) is 0.186. The second-order valence-electron chi connectivity index (χ2n) is 21.3. The Kier molecular flexibility index (Phi) is 6.72. The van der Waals surface area contributed by atoms with Crippen LogP contribution in [-0.2, 0) is 16.2 Å². The molecule has 3 aromatic heterocycles. The Bertz CT molecular complexity index is 3920. The van der Waals surface area contributed by atoms with Crippen molar-refractivity contribution in [3.63, 3.8) is 0 Å². The summed E-state index contributed by atoms with van der Waals surface area (Å²) in [7, 11) is 0. The van der Waals surface area contributed by atoms with Crippen LogP contribution in [0.3, 0.4) is 0 Å². The third-order valence-electron chi connectivity index (χ3n) is 15.2. The van der Waals surface area contributed by atoms with E-state index in [9.17, 15) is 0 Å². The van der Waals surface area contributed by atoms with Gasteiger partial charge < -0.3 is 18.2 Å². The van der Waals surface area contributed by atoms with Crippen LogP contribution in [-0.4, -0.2) is 11.3 Å². The number of hydrogen-bond acceptors (Lipinski definition) is 3. The van der Waals surface area contributed by atoms with Gasteiger partial charge in [0.2, 0.25) is 0 Å². The Labute approximate surface area is 372 Å². The fourth-order valence-corrected chi connectivity index (χ4v) is 12.1. The van der Waals surface area contributed by atoms with Gasteiger partial charge in [-0.15, -0.1) is 0 Å². The molecule has 14 rings (SSSR count). The molecule has 8 aromatic carbocycles. The van der Waals surface area contributed by atoms with E-state index in [0.717, 1.165) is 55.3 Å². The minimum absolute atomic E-state index is 0.00767. The van der Waals surface area contributed by atoms with Gasteiger partial charge in [0.05, 0.1) is 0 Å². The number of furan rings is 2. The lowest BCUT2D eigenvalue weighted by molar-refractivity contribution is 0.590. The zero-order valence-corrected chi connectivity index (χ0v) is 37.6. The highest BCUT2D eigenvalue weighted by Crippen LogP contribution is 2.57. The van der Waals surface area contributed by atoms with Crippen molar-refractivity contribution in [3.05, 3.63) is 162 Å². The summed E-state index contributed by atoms with van der Waals surface area (Å²) in [4.78, 5) is 2.57. The quantitative estimate of drug-likeness (QED) is 0.155. The van der Waals surface area contributed by atoms with Crippen molar-refractivity contribution in [1.29, 1.82) is 0 Å². The van der Waals surface area contributed by atoms with E-state index in [1.54, 1.807) is 0 Å². The van der Waals surface area contributed by atoms with Gasteiger partial charge in [-0.25, -0.2) is 0 Å². The highest BCUT2D eigenvalue weighted by molar-refractivity contribution is 6.90. The van der Waals surface area contributed by atoms with Crippen LogP contribution in [0, 0.1) is 0 Å². The Morgan fingerprint density at radius 3 is 1.91 bits per heavy atom. The molecular weight excluding hydrogens is 779 g/mol. The highest BCUT2D eigenvalue weighted by atomic mass is 16.3. The lowest BCUT2D eigenvalue weighted by atomic mass is 9.44.